The monoisotopic (exact) mass is 267 g/mol. The van der Waals surface area contributed by atoms with Gasteiger partial charge in [-0.25, -0.2) is 0 Å². The van der Waals surface area contributed by atoms with Gasteiger partial charge in [-0.3, -0.25) is 11.3 Å². The lowest BCUT2D eigenvalue weighted by atomic mass is 9.70. The average molecular weight is 267 g/mol. The van der Waals surface area contributed by atoms with Crippen LogP contribution in [-0.4, -0.2) is 24.5 Å². The van der Waals surface area contributed by atoms with Crippen molar-refractivity contribution < 1.29 is 0 Å². The van der Waals surface area contributed by atoms with Crippen molar-refractivity contribution in [2.45, 2.75) is 44.2 Å². The molecule has 1 aliphatic rings. The van der Waals surface area contributed by atoms with Gasteiger partial charge in [0.15, 0.2) is 0 Å². The molecule has 1 aliphatic carbocycles. The second-order valence-corrected chi connectivity index (χ2v) is 6.64. The summed E-state index contributed by atoms with van der Waals surface area (Å²) in [6.07, 6.45) is 5.07. The first-order chi connectivity index (χ1) is 8.60. The fraction of sp³-hybridized carbons (Fsp3) is 0.714. The van der Waals surface area contributed by atoms with Crippen molar-refractivity contribution in [2.75, 3.05) is 14.1 Å². The van der Waals surface area contributed by atoms with E-state index in [0.717, 1.165) is 5.92 Å². The van der Waals surface area contributed by atoms with Crippen molar-refractivity contribution in [1.82, 2.24) is 10.3 Å². The SMILES string of the molecule is CC1CCCC(C(NN)c2ccsc2)(N(C)C)C1. The van der Waals surface area contributed by atoms with Gasteiger partial charge >= 0.3 is 0 Å². The second kappa shape index (κ2) is 5.70. The molecule has 0 bridgehead atoms. The molecule has 3 N–H and O–H groups in total. The molecule has 1 aromatic heterocycles. The lowest BCUT2D eigenvalue weighted by molar-refractivity contribution is 0.0368. The molecule has 0 aliphatic heterocycles. The molecule has 102 valence electrons. The molecule has 3 atom stereocenters. The average Bonchev–Trinajstić information content (AvgIpc) is 2.83. The van der Waals surface area contributed by atoms with Crippen LogP contribution in [0.15, 0.2) is 16.8 Å². The molecule has 3 nitrogen and oxygen atoms in total. The fourth-order valence-electron chi connectivity index (χ4n) is 3.49. The van der Waals surface area contributed by atoms with Gasteiger partial charge in [0.05, 0.1) is 6.04 Å². The van der Waals surface area contributed by atoms with E-state index in [9.17, 15) is 0 Å². The third kappa shape index (κ3) is 2.48. The fourth-order valence-corrected chi connectivity index (χ4v) is 4.18. The van der Waals surface area contributed by atoms with E-state index in [1.807, 2.05) is 0 Å². The van der Waals surface area contributed by atoms with Crippen LogP contribution in [0.2, 0.25) is 0 Å². The largest absolute Gasteiger partial charge is 0.302 e. The van der Waals surface area contributed by atoms with Crippen LogP contribution < -0.4 is 11.3 Å². The van der Waals surface area contributed by atoms with Crippen molar-refractivity contribution in [3.05, 3.63) is 22.4 Å². The van der Waals surface area contributed by atoms with Gasteiger partial charge < -0.3 is 4.90 Å². The highest BCUT2D eigenvalue weighted by Crippen LogP contribution is 2.44. The molecule has 0 aromatic carbocycles. The van der Waals surface area contributed by atoms with Crippen molar-refractivity contribution >= 4 is 11.3 Å². The minimum atomic E-state index is 0.146. The minimum Gasteiger partial charge on any atom is -0.302 e. The Bertz CT molecular complexity index is 363. The molecule has 0 spiro atoms. The number of thiophene rings is 1. The van der Waals surface area contributed by atoms with E-state index in [0.29, 0.717) is 0 Å². The number of nitrogens with zero attached hydrogens (tertiary/aromatic N) is 1. The maximum Gasteiger partial charge on any atom is 0.0651 e. The Morgan fingerprint density at radius 3 is 2.83 bits per heavy atom. The highest BCUT2D eigenvalue weighted by Gasteiger charge is 2.44. The molecular formula is C14H25N3S. The summed E-state index contributed by atoms with van der Waals surface area (Å²) in [6, 6.07) is 2.42. The van der Waals surface area contributed by atoms with Gasteiger partial charge in [0.1, 0.15) is 0 Å². The molecule has 3 unspecified atom stereocenters. The Morgan fingerprint density at radius 1 is 1.56 bits per heavy atom. The number of likely N-dealkylation sites (N-methyl/N-ethyl adjacent to an activating group) is 1. The smallest absolute Gasteiger partial charge is 0.0651 e. The van der Waals surface area contributed by atoms with Crippen LogP contribution in [0.1, 0.15) is 44.2 Å². The van der Waals surface area contributed by atoms with Crippen LogP contribution in [0.25, 0.3) is 0 Å². The van der Waals surface area contributed by atoms with Gasteiger partial charge in [-0.05, 0) is 55.2 Å². The predicted molar refractivity (Wildman–Crippen MR) is 78.4 cm³/mol. The summed E-state index contributed by atoms with van der Waals surface area (Å²) in [5.74, 6) is 6.66. The molecule has 1 aromatic rings. The molecule has 1 fully saturated rings. The van der Waals surface area contributed by atoms with E-state index in [1.54, 1.807) is 11.3 Å². The van der Waals surface area contributed by atoms with Gasteiger partial charge in [0.25, 0.3) is 0 Å². The minimum absolute atomic E-state index is 0.146. The summed E-state index contributed by atoms with van der Waals surface area (Å²) in [5, 5.41) is 4.35. The summed E-state index contributed by atoms with van der Waals surface area (Å²) in [5.41, 5.74) is 4.55. The Morgan fingerprint density at radius 2 is 2.33 bits per heavy atom. The zero-order valence-corrected chi connectivity index (χ0v) is 12.5. The maximum atomic E-state index is 5.89. The summed E-state index contributed by atoms with van der Waals surface area (Å²) in [4.78, 5) is 2.38. The molecule has 18 heavy (non-hydrogen) atoms. The number of nitrogens with one attached hydrogen (secondary N) is 1. The quantitative estimate of drug-likeness (QED) is 0.651. The molecule has 0 saturated heterocycles. The Hall–Kier alpha value is -0.420. The standard InChI is InChI=1S/C14H25N3S/c1-11-5-4-7-14(9-11,17(2)3)13(16-15)12-6-8-18-10-12/h6,8,10-11,13,16H,4-5,7,9,15H2,1-3H3. The summed E-state index contributed by atoms with van der Waals surface area (Å²) in [6.45, 7) is 2.36. The molecule has 1 heterocycles. The highest BCUT2D eigenvalue weighted by atomic mass is 32.1. The maximum absolute atomic E-state index is 5.89. The van der Waals surface area contributed by atoms with E-state index < -0.39 is 0 Å². The Balaban J connectivity index is 2.33. The van der Waals surface area contributed by atoms with E-state index in [2.05, 4.69) is 48.2 Å². The van der Waals surface area contributed by atoms with Crippen LogP contribution in [-0.2, 0) is 0 Å². The van der Waals surface area contributed by atoms with Gasteiger partial charge in [-0.1, -0.05) is 19.8 Å². The first kappa shape index (κ1) is 14.0. The van der Waals surface area contributed by atoms with Crippen molar-refractivity contribution in [3.8, 4) is 0 Å². The number of rotatable bonds is 4. The highest BCUT2D eigenvalue weighted by molar-refractivity contribution is 7.07. The van der Waals surface area contributed by atoms with E-state index >= 15 is 0 Å². The van der Waals surface area contributed by atoms with E-state index in [1.165, 1.54) is 31.2 Å². The number of hydrogen-bond donors (Lipinski definition) is 2. The Kier molecular flexibility index (Phi) is 4.43. The third-order valence-electron chi connectivity index (χ3n) is 4.48. The first-order valence-corrected chi connectivity index (χ1v) is 7.70. The second-order valence-electron chi connectivity index (χ2n) is 5.86. The van der Waals surface area contributed by atoms with Crippen molar-refractivity contribution in [3.63, 3.8) is 0 Å². The van der Waals surface area contributed by atoms with Gasteiger partial charge in [0.2, 0.25) is 0 Å². The van der Waals surface area contributed by atoms with Crippen molar-refractivity contribution in [2.24, 2.45) is 11.8 Å². The summed E-state index contributed by atoms with van der Waals surface area (Å²) >= 11 is 1.74. The zero-order valence-electron chi connectivity index (χ0n) is 11.6. The van der Waals surface area contributed by atoms with Crippen LogP contribution >= 0.6 is 11.3 Å². The number of hydrogen-bond acceptors (Lipinski definition) is 4. The summed E-state index contributed by atoms with van der Waals surface area (Å²) in [7, 11) is 4.38. The molecule has 0 radical (unpaired) electrons. The van der Waals surface area contributed by atoms with Gasteiger partial charge in [0, 0.05) is 5.54 Å². The van der Waals surface area contributed by atoms with E-state index in [-0.39, 0.29) is 11.6 Å². The van der Waals surface area contributed by atoms with Crippen LogP contribution in [0.4, 0.5) is 0 Å². The van der Waals surface area contributed by atoms with E-state index in [4.69, 9.17) is 5.84 Å². The molecular weight excluding hydrogens is 242 g/mol. The van der Waals surface area contributed by atoms with Crippen molar-refractivity contribution in [1.29, 1.82) is 0 Å². The Labute approximate surface area is 114 Å². The zero-order chi connectivity index (χ0) is 13.2. The lowest BCUT2D eigenvalue weighted by Crippen LogP contribution is -2.57. The predicted octanol–water partition coefficient (Wildman–Crippen LogP) is 2.76. The topological polar surface area (TPSA) is 41.3 Å². The number of hydrazine groups is 1. The molecule has 4 heteroatoms. The van der Waals surface area contributed by atoms with Crippen LogP contribution in [0.5, 0.6) is 0 Å². The van der Waals surface area contributed by atoms with Crippen LogP contribution in [0, 0.1) is 5.92 Å². The molecule has 0 amide bonds. The number of nitrogens with two attached hydrogens (primary N) is 1. The molecule has 2 rings (SSSR count). The van der Waals surface area contributed by atoms with Gasteiger partial charge in [-0.2, -0.15) is 11.3 Å². The lowest BCUT2D eigenvalue weighted by Gasteiger charge is -2.50. The molecule has 1 saturated carbocycles. The first-order valence-electron chi connectivity index (χ1n) is 6.76. The summed E-state index contributed by atoms with van der Waals surface area (Å²) < 4.78 is 0. The van der Waals surface area contributed by atoms with Gasteiger partial charge in [-0.15, -0.1) is 0 Å². The normalized spacial score (nSPS) is 30.6. The third-order valence-corrected chi connectivity index (χ3v) is 5.18. The van der Waals surface area contributed by atoms with Crippen LogP contribution in [0.3, 0.4) is 0 Å².